The maximum atomic E-state index is 12.1. The van der Waals surface area contributed by atoms with Crippen LogP contribution in [-0.4, -0.2) is 23.2 Å². The van der Waals surface area contributed by atoms with E-state index in [-0.39, 0.29) is 5.69 Å². The average molecular weight is 306 g/mol. The van der Waals surface area contributed by atoms with Gasteiger partial charge in [0.15, 0.2) is 5.96 Å². The van der Waals surface area contributed by atoms with Crippen LogP contribution in [0.3, 0.4) is 0 Å². The Kier molecular flexibility index (Phi) is 4.53. The Bertz CT molecular complexity index is 609. The molecule has 0 saturated carbocycles. The number of nitrogens with zero attached hydrogens (tertiary/aromatic N) is 3. The summed E-state index contributed by atoms with van der Waals surface area (Å²) >= 11 is 0. The molecule has 0 aliphatic heterocycles. The maximum absolute atomic E-state index is 12.1. The van der Waals surface area contributed by atoms with Gasteiger partial charge in [-0.2, -0.15) is 4.99 Å². The van der Waals surface area contributed by atoms with Crippen molar-refractivity contribution in [2.45, 2.75) is 6.36 Å². The van der Waals surface area contributed by atoms with Crippen LogP contribution in [0, 0.1) is 10.1 Å². The highest BCUT2D eigenvalue weighted by molar-refractivity contribution is 5.93. The summed E-state index contributed by atoms with van der Waals surface area (Å²) in [5.74, 6) is -1.80. The molecule has 0 radical (unpaired) electrons. The smallest absolute Gasteiger partial charge is 0.398 e. The van der Waals surface area contributed by atoms with E-state index in [1.54, 1.807) is 0 Å². The molecule has 9 nitrogen and oxygen atoms in total. The topological polar surface area (TPSA) is 155 Å². The lowest BCUT2D eigenvalue weighted by atomic mass is 10.2. The van der Waals surface area contributed by atoms with Gasteiger partial charge >= 0.3 is 12.0 Å². The number of halogens is 3. The molecule has 1 aromatic rings. The van der Waals surface area contributed by atoms with Crippen LogP contribution in [0.4, 0.5) is 24.5 Å². The number of hydrogen-bond acceptors (Lipinski definition) is 4. The first-order chi connectivity index (χ1) is 9.58. The van der Waals surface area contributed by atoms with Gasteiger partial charge in [0.2, 0.25) is 11.7 Å². The molecule has 12 heteroatoms. The van der Waals surface area contributed by atoms with E-state index >= 15 is 0 Å². The van der Waals surface area contributed by atoms with Gasteiger partial charge in [0, 0.05) is 6.07 Å². The van der Waals surface area contributed by atoms with Crippen LogP contribution in [-0.2, 0) is 0 Å². The molecule has 114 valence electrons. The fraction of sp³-hybridized carbons (Fsp3) is 0.111. The van der Waals surface area contributed by atoms with Crippen molar-refractivity contribution in [3.8, 4) is 5.75 Å². The number of nitro benzene ring substituents is 1. The molecule has 0 aliphatic carbocycles. The van der Waals surface area contributed by atoms with Gasteiger partial charge in [-0.3, -0.25) is 10.1 Å². The Morgan fingerprint density at radius 1 is 1.29 bits per heavy atom. The van der Waals surface area contributed by atoms with Gasteiger partial charge in [-0.25, -0.2) is 4.99 Å². The number of nitro groups is 1. The molecule has 1 rings (SSSR count). The lowest BCUT2D eigenvalue weighted by molar-refractivity contribution is -0.388. The zero-order valence-corrected chi connectivity index (χ0v) is 10.2. The van der Waals surface area contributed by atoms with Crippen molar-refractivity contribution < 1.29 is 22.8 Å². The Morgan fingerprint density at radius 3 is 2.38 bits per heavy atom. The van der Waals surface area contributed by atoms with Crippen LogP contribution in [0.5, 0.6) is 5.75 Å². The van der Waals surface area contributed by atoms with E-state index in [1.807, 2.05) is 0 Å². The molecular formula is C9H9F3N6O3. The summed E-state index contributed by atoms with van der Waals surface area (Å²) in [5, 5.41) is 10.7. The molecule has 21 heavy (non-hydrogen) atoms. The highest BCUT2D eigenvalue weighted by Crippen LogP contribution is 2.34. The first kappa shape index (κ1) is 16.0. The third-order valence-electron chi connectivity index (χ3n) is 1.85. The summed E-state index contributed by atoms with van der Waals surface area (Å²) < 4.78 is 39.8. The van der Waals surface area contributed by atoms with Crippen molar-refractivity contribution in [1.29, 1.82) is 0 Å². The van der Waals surface area contributed by atoms with Crippen LogP contribution < -0.4 is 21.9 Å². The highest BCUT2D eigenvalue weighted by atomic mass is 19.4. The fourth-order valence-corrected chi connectivity index (χ4v) is 1.22. The Labute approximate surface area is 115 Å². The predicted octanol–water partition coefficient (Wildman–Crippen LogP) is 0.713. The summed E-state index contributed by atoms with van der Waals surface area (Å²) in [6.45, 7) is 0. The summed E-state index contributed by atoms with van der Waals surface area (Å²) in [6, 6.07) is 2.48. The Hall–Kier alpha value is -3.05. The van der Waals surface area contributed by atoms with Crippen molar-refractivity contribution in [1.82, 2.24) is 0 Å². The third kappa shape index (κ3) is 5.22. The van der Waals surface area contributed by atoms with E-state index in [9.17, 15) is 23.3 Å². The third-order valence-corrected chi connectivity index (χ3v) is 1.85. The number of alkyl halides is 3. The predicted molar refractivity (Wildman–Crippen MR) is 66.9 cm³/mol. The van der Waals surface area contributed by atoms with E-state index in [4.69, 9.17) is 17.2 Å². The van der Waals surface area contributed by atoms with E-state index in [2.05, 4.69) is 14.7 Å². The van der Waals surface area contributed by atoms with Gasteiger partial charge < -0.3 is 21.9 Å². The SMILES string of the molecule is NC(N)=NC(N)=Nc1ccc(OC(F)(F)F)c([N+](=O)[O-])c1. The minimum atomic E-state index is -5.06. The standard InChI is InChI=1S/C9H9F3N6O3/c10-9(11,12)21-6-2-1-4(3-5(6)18(19)20)16-8(15)17-7(13)14/h1-3H,(H6,13,14,15,16,17). The lowest BCUT2D eigenvalue weighted by Crippen LogP contribution is -2.26. The van der Waals surface area contributed by atoms with Gasteiger partial charge in [0.05, 0.1) is 10.6 Å². The fourth-order valence-electron chi connectivity index (χ4n) is 1.22. The molecule has 0 atom stereocenters. The number of ether oxygens (including phenoxy) is 1. The molecule has 0 spiro atoms. The second-order valence-corrected chi connectivity index (χ2v) is 3.46. The van der Waals surface area contributed by atoms with E-state index < -0.39 is 34.6 Å². The van der Waals surface area contributed by atoms with Gasteiger partial charge in [0.25, 0.3) is 0 Å². The van der Waals surface area contributed by atoms with Crippen molar-refractivity contribution in [3.63, 3.8) is 0 Å². The van der Waals surface area contributed by atoms with Crippen LogP contribution in [0.1, 0.15) is 0 Å². The van der Waals surface area contributed by atoms with Crippen molar-refractivity contribution in [3.05, 3.63) is 28.3 Å². The number of hydrogen-bond donors (Lipinski definition) is 3. The Balaban J connectivity index is 3.21. The monoisotopic (exact) mass is 306 g/mol. The number of guanidine groups is 2. The zero-order valence-electron chi connectivity index (χ0n) is 10.2. The Morgan fingerprint density at radius 2 is 1.90 bits per heavy atom. The molecule has 0 amide bonds. The number of nitrogens with two attached hydrogens (primary N) is 3. The first-order valence-corrected chi connectivity index (χ1v) is 5.06. The summed E-state index contributed by atoms with van der Waals surface area (Å²) in [4.78, 5) is 16.6. The zero-order chi connectivity index (χ0) is 16.2. The maximum Gasteiger partial charge on any atom is 0.573 e. The molecule has 6 N–H and O–H groups in total. The quantitative estimate of drug-likeness (QED) is 0.323. The molecule has 0 fully saturated rings. The van der Waals surface area contributed by atoms with E-state index in [0.717, 1.165) is 18.2 Å². The van der Waals surface area contributed by atoms with E-state index in [1.165, 1.54) is 0 Å². The second-order valence-electron chi connectivity index (χ2n) is 3.46. The normalized spacial score (nSPS) is 11.9. The van der Waals surface area contributed by atoms with Crippen molar-refractivity contribution in [2.75, 3.05) is 0 Å². The number of rotatable bonds is 3. The molecule has 0 aromatic heterocycles. The molecule has 0 heterocycles. The second kappa shape index (κ2) is 5.94. The average Bonchev–Trinajstić information content (AvgIpc) is 2.27. The van der Waals surface area contributed by atoms with Gasteiger partial charge in [-0.05, 0) is 12.1 Å². The summed E-state index contributed by atoms with van der Waals surface area (Å²) in [5.41, 5.74) is 14.3. The van der Waals surface area contributed by atoms with Gasteiger partial charge in [-0.15, -0.1) is 13.2 Å². The molecule has 0 saturated heterocycles. The van der Waals surface area contributed by atoms with Crippen LogP contribution >= 0.6 is 0 Å². The van der Waals surface area contributed by atoms with Gasteiger partial charge in [0.1, 0.15) is 0 Å². The van der Waals surface area contributed by atoms with Crippen molar-refractivity contribution >= 4 is 23.3 Å². The highest BCUT2D eigenvalue weighted by Gasteiger charge is 2.34. The van der Waals surface area contributed by atoms with Crippen LogP contribution in [0.2, 0.25) is 0 Å². The first-order valence-electron chi connectivity index (χ1n) is 5.06. The molecule has 1 aromatic carbocycles. The minimum Gasteiger partial charge on any atom is -0.398 e. The molecule has 0 aliphatic rings. The molecular weight excluding hydrogens is 297 g/mol. The van der Waals surface area contributed by atoms with Gasteiger partial charge in [-0.1, -0.05) is 0 Å². The molecule has 0 unspecified atom stereocenters. The summed E-state index contributed by atoms with van der Waals surface area (Å²) in [6.07, 6.45) is -5.06. The number of aliphatic imine (C=N–C) groups is 2. The van der Waals surface area contributed by atoms with Crippen molar-refractivity contribution in [2.24, 2.45) is 27.2 Å². The van der Waals surface area contributed by atoms with Crippen LogP contribution in [0.25, 0.3) is 0 Å². The molecule has 0 bridgehead atoms. The minimum absolute atomic E-state index is 0.126. The van der Waals surface area contributed by atoms with E-state index in [0.29, 0.717) is 0 Å². The van der Waals surface area contributed by atoms with Crippen LogP contribution in [0.15, 0.2) is 28.2 Å². The largest absolute Gasteiger partial charge is 0.573 e. The lowest BCUT2D eigenvalue weighted by Gasteiger charge is -2.09. The number of benzene rings is 1. The summed E-state index contributed by atoms with van der Waals surface area (Å²) in [7, 11) is 0.